The highest BCUT2D eigenvalue weighted by Gasteiger charge is 2.13. The predicted molar refractivity (Wildman–Crippen MR) is 78.8 cm³/mol. The Bertz CT molecular complexity index is 968. The van der Waals surface area contributed by atoms with Crippen molar-refractivity contribution in [2.75, 3.05) is 0 Å². The molecule has 0 nitrogen and oxygen atoms in total. The van der Waals surface area contributed by atoms with Crippen molar-refractivity contribution in [3.05, 3.63) is 60.7 Å². The van der Waals surface area contributed by atoms with Crippen molar-refractivity contribution < 1.29 is 0 Å². The molecule has 4 bridgehead atoms. The van der Waals surface area contributed by atoms with E-state index in [0.29, 0.717) is 0 Å². The van der Waals surface area contributed by atoms with E-state index in [9.17, 15) is 0 Å². The Morgan fingerprint density at radius 2 is 1.11 bits per heavy atom. The van der Waals surface area contributed by atoms with Gasteiger partial charge in [-0.1, -0.05) is 54.6 Å². The second-order valence-corrected chi connectivity index (χ2v) is 5.03. The first-order chi connectivity index (χ1) is 8.93. The third kappa shape index (κ3) is 0.820. The number of hydrogen-bond acceptors (Lipinski definition) is 0. The van der Waals surface area contributed by atoms with E-state index in [1.165, 1.54) is 43.1 Å². The summed E-state index contributed by atoms with van der Waals surface area (Å²) in [5.41, 5.74) is 0. The molecular formula is C18H10. The molecule has 0 radical (unpaired) electrons. The monoisotopic (exact) mass is 226 g/mol. The molecule has 0 saturated heterocycles. The lowest BCUT2D eigenvalue weighted by atomic mass is 9.87. The van der Waals surface area contributed by atoms with Gasteiger partial charge in [-0.3, -0.25) is 0 Å². The summed E-state index contributed by atoms with van der Waals surface area (Å²) in [4.78, 5) is 0. The van der Waals surface area contributed by atoms with Gasteiger partial charge < -0.3 is 0 Å². The molecular weight excluding hydrogens is 216 g/mol. The zero-order chi connectivity index (χ0) is 11.7. The summed E-state index contributed by atoms with van der Waals surface area (Å²) < 4.78 is 0. The van der Waals surface area contributed by atoms with Crippen molar-refractivity contribution in [3.63, 3.8) is 0 Å². The maximum atomic E-state index is 2.33. The lowest BCUT2D eigenvalue weighted by Crippen LogP contribution is -1.88. The molecule has 0 spiro atoms. The van der Waals surface area contributed by atoms with Gasteiger partial charge in [-0.05, 0) is 49.2 Å². The molecule has 82 valence electrons. The molecule has 0 heteroatoms. The van der Waals surface area contributed by atoms with Gasteiger partial charge in [0.05, 0.1) is 0 Å². The number of fused-ring (bicyclic) bond motifs is 3. The summed E-state index contributed by atoms with van der Waals surface area (Å²) in [6.45, 7) is 0. The summed E-state index contributed by atoms with van der Waals surface area (Å²) in [7, 11) is 0. The molecule has 0 unspecified atom stereocenters. The highest BCUT2D eigenvalue weighted by molar-refractivity contribution is 6.34. The molecule has 6 aromatic rings. The van der Waals surface area contributed by atoms with Gasteiger partial charge in [0.1, 0.15) is 0 Å². The van der Waals surface area contributed by atoms with E-state index in [-0.39, 0.29) is 0 Å². The first-order valence-electron chi connectivity index (χ1n) is 6.31. The summed E-state index contributed by atoms with van der Waals surface area (Å²) in [5.74, 6) is 0. The molecule has 0 amide bonds. The molecule has 18 heavy (non-hydrogen) atoms. The zero-order valence-electron chi connectivity index (χ0n) is 9.77. The molecule has 0 aliphatic rings. The molecule has 6 rings (SSSR count). The SMILES string of the molecule is c1ccc2c(c1)c1cc3ccc1c1c3cccc21. The molecule has 0 aliphatic carbocycles. The summed E-state index contributed by atoms with van der Waals surface area (Å²) >= 11 is 0. The number of benzene rings is 6. The fraction of sp³-hybridized carbons (Fsp3) is 0. The van der Waals surface area contributed by atoms with Crippen LogP contribution in [0.2, 0.25) is 0 Å². The quantitative estimate of drug-likeness (QED) is 0.252. The minimum Gasteiger partial charge on any atom is -0.0616 e. The van der Waals surface area contributed by atoms with Gasteiger partial charge in [-0.2, -0.15) is 0 Å². The van der Waals surface area contributed by atoms with E-state index < -0.39 is 0 Å². The number of hydrogen-bond donors (Lipinski definition) is 0. The molecule has 0 atom stereocenters. The summed E-state index contributed by atoms with van der Waals surface area (Å²) in [5, 5.41) is 11.1. The number of rotatable bonds is 0. The second-order valence-electron chi connectivity index (χ2n) is 5.03. The Morgan fingerprint density at radius 1 is 0.444 bits per heavy atom. The van der Waals surface area contributed by atoms with E-state index in [1.807, 2.05) is 0 Å². The van der Waals surface area contributed by atoms with Crippen LogP contribution in [0, 0.1) is 0 Å². The van der Waals surface area contributed by atoms with Crippen LogP contribution >= 0.6 is 0 Å². The van der Waals surface area contributed by atoms with Crippen LogP contribution in [0.25, 0.3) is 43.1 Å². The summed E-state index contributed by atoms with van der Waals surface area (Å²) in [6, 6.07) is 22.2. The van der Waals surface area contributed by atoms with Gasteiger partial charge in [0, 0.05) is 0 Å². The van der Waals surface area contributed by atoms with Gasteiger partial charge >= 0.3 is 0 Å². The van der Waals surface area contributed by atoms with Crippen LogP contribution in [0.1, 0.15) is 0 Å². The van der Waals surface area contributed by atoms with Gasteiger partial charge in [-0.25, -0.2) is 0 Å². The van der Waals surface area contributed by atoms with Crippen molar-refractivity contribution in [1.82, 2.24) is 0 Å². The Kier molecular flexibility index (Phi) is 1.32. The van der Waals surface area contributed by atoms with Crippen LogP contribution in [-0.2, 0) is 0 Å². The standard InChI is InChI=1S/C18H10/c1-2-5-14-13(4-1)15-7-3-6-12-11-8-9-16(18(12)15)17(14)10-11/h1-10H. The van der Waals surface area contributed by atoms with E-state index in [4.69, 9.17) is 0 Å². The molecule has 0 N–H and O–H groups in total. The first kappa shape index (κ1) is 8.71. The van der Waals surface area contributed by atoms with Crippen LogP contribution in [-0.4, -0.2) is 0 Å². The largest absolute Gasteiger partial charge is 0.0616 e. The van der Waals surface area contributed by atoms with Crippen molar-refractivity contribution in [2.24, 2.45) is 0 Å². The Labute approximate surface area is 104 Å². The van der Waals surface area contributed by atoms with Crippen LogP contribution in [0.15, 0.2) is 60.7 Å². The van der Waals surface area contributed by atoms with Crippen molar-refractivity contribution in [2.45, 2.75) is 0 Å². The molecule has 0 heterocycles. The van der Waals surface area contributed by atoms with Gasteiger partial charge in [0.15, 0.2) is 0 Å². The zero-order valence-corrected chi connectivity index (χ0v) is 9.77. The fourth-order valence-electron chi connectivity index (χ4n) is 3.41. The second kappa shape index (κ2) is 2.73. The Hall–Kier alpha value is -2.34. The molecule has 0 aromatic heterocycles. The molecule has 0 fully saturated rings. The maximum absolute atomic E-state index is 2.33. The third-order valence-corrected chi connectivity index (χ3v) is 4.17. The third-order valence-electron chi connectivity index (χ3n) is 4.17. The van der Waals surface area contributed by atoms with Crippen molar-refractivity contribution >= 4 is 43.1 Å². The van der Waals surface area contributed by atoms with E-state index in [2.05, 4.69) is 60.7 Å². The smallest absolute Gasteiger partial charge is 0.00204 e. The normalized spacial score (nSPS) is 12.4. The molecule has 0 aliphatic heterocycles. The predicted octanol–water partition coefficient (Wildman–Crippen LogP) is 5.18. The highest BCUT2D eigenvalue weighted by atomic mass is 14.2. The topological polar surface area (TPSA) is 0 Å². The molecule has 6 aromatic carbocycles. The van der Waals surface area contributed by atoms with Crippen LogP contribution in [0.4, 0.5) is 0 Å². The maximum Gasteiger partial charge on any atom is -0.00204 e. The Balaban J connectivity index is 2.37. The molecule has 0 saturated carbocycles. The van der Waals surface area contributed by atoms with E-state index >= 15 is 0 Å². The van der Waals surface area contributed by atoms with Crippen LogP contribution in [0.3, 0.4) is 0 Å². The van der Waals surface area contributed by atoms with Gasteiger partial charge in [-0.15, -0.1) is 0 Å². The van der Waals surface area contributed by atoms with Gasteiger partial charge in [0.25, 0.3) is 0 Å². The average Bonchev–Trinajstić information content (AvgIpc) is 2.47. The average molecular weight is 226 g/mol. The highest BCUT2D eigenvalue weighted by Crippen LogP contribution is 2.42. The minimum atomic E-state index is 1.35. The lowest BCUT2D eigenvalue weighted by molar-refractivity contribution is 1.79. The first-order valence-corrected chi connectivity index (χ1v) is 6.31. The lowest BCUT2D eigenvalue weighted by Gasteiger charge is -2.16. The minimum absolute atomic E-state index is 1.35. The van der Waals surface area contributed by atoms with E-state index in [1.54, 1.807) is 0 Å². The van der Waals surface area contributed by atoms with Gasteiger partial charge in [0.2, 0.25) is 0 Å². The van der Waals surface area contributed by atoms with Crippen molar-refractivity contribution in [1.29, 1.82) is 0 Å². The Morgan fingerprint density at radius 3 is 2.00 bits per heavy atom. The van der Waals surface area contributed by atoms with Crippen LogP contribution in [0.5, 0.6) is 0 Å². The fourth-order valence-corrected chi connectivity index (χ4v) is 3.41. The summed E-state index contributed by atoms with van der Waals surface area (Å²) in [6.07, 6.45) is 0. The van der Waals surface area contributed by atoms with Crippen LogP contribution < -0.4 is 0 Å². The van der Waals surface area contributed by atoms with Crippen molar-refractivity contribution in [3.8, 4) is 0 Å². The van der Waals surface area contributed by atoms with E-state index in [0.717, 1.165) is 0 Å².